The Morgan fingerprint density at radius 2 is 0.278 bits per heavy atom. The summed E-state index contributed by atoms with van der Waals surface area (Å²) >= 11 is 0. The van der Waals surface area contributed by atoms with Crippen LogP contribution in [0.15, 0.2) is 0 Å². The molecule has 0 saturated heterocycles. The molecule has 0 radical (unpaired) electrons. The molecule has 0 spiro atoms. The van der Waals surface area contributed by atoms with Crippen LogP contribution < -0.4 is 60.3 Å². The molecule has 0 aliphatic rings. The van der Waals surface area contributed by atoms with Gasteiger partial charge in [0.25, 0.3) is 0 Å². The summed E-state index contributed by atoms with van der Waals surface area (Å²) in [5.41, 5.74) is 0. The van der Waals surface area contributed by atoms with E-state index in [0.717, 1.165) is 0 Å². The van der Waals surface area contributed by atoms with Gasteiger partial charge in [-0.05, 0) is 0 Å². The van der Waals surface area contributed by atoms with Crippen LogP contribution in [0.25, 0.3) is 0 Å². The number of rotatable bonds is 0. The summed E-state index contributed by atoms with van der Waals surface area (Å²) in [6.45, 7) is 0. The van der Waals surface area contributed by atoms with Crippen LogP contribution >= 0.6 is 0 Å². The smallest absolute Gasteiger partial charge is 0.907 e. The van der Waals surface area contributed by atoms with Gasteiger partial charge in [0.2, 0.25) is 0 Å². The molecular weight excluding hydrogens is 339 g/mol. The summed E-state index contributed by atoms with van der Waals surface area (Å²) in [5.74, 6) is 0. The Labute approximate surface area is 124 Å². The Bertz CT molecular complexity index is 65.1. The molecule has 0 rings (SSSR count). The Morgan fingerprint density at radius 1 is 0.278 bits per heavy atom. The van der Waals surface area contributed by atoms with Crippen LogP contribution in [-0.4, -0.2) is 29.3 Å². The van der Waals surface area contributed by atoms with Gasteiger partial charge < -0.3 is 60.3 Å². The Hall–Kier alpha value is 0.845. The molecule has 0 saturated carbocycles. The van der Waals surface area contributed by atoms with E-state index in [1.165, 1.54) is 0 Å². The van der Waals surface area contributed by atoms with Gasteiger partial charge >= 0.3 is 34.7 Å². The van der Waals surface area contributed by atoms with Gasteiger partial charge in [0.15, 0.2) is 0 Å². The van der Waals surface area contributed by atoms with E-state index in [1.54, 1.807) is 0 Å². The molecule has 0 N–H and O–H groups in total. The van der Waals surface area contributed by atoms with Gasteiger partial charge in [-0.15, -0.1) is 0 Å². The normalized spacial score (nSPS) is 6.00. The summed E-state index contributed by atoms with van der Waals surface area (Å²) in [6.07, 6.45) is 0. The van der Waals surface area contributed by atoms with Gasteiger partial charge in [-0.25, -0.2) is 0 Å². The van der Waals surface area contributed by atoms with E-state index < -0.39 is 29.3 Å². The zero-order valence-corrected chi connectivity index (χ0v) is 10.6. The molecule has 0 fully saturated rings. The second kappa shape index (κ2) is 30.7. The monoisotopic (exact) mass is 340 g/mol. The van der Waals surface area contributed by atoms with E-state index in [4.69, 9.17) is 60.3 Å². The second-order valence-electron chi connectivity index (χ2n) is 1.15. The van der Waals surface area contributed by atoms with E-state index >= 15 is 0 Å². The molecule has 0 aliphatic carbocycles. The van der Waals surface area contributed by atoms with Crippen molar-refractivity contribution in [2.45, 2.75) is 0 Å². The maximum atomic E-state index is 8.42. The first-order valence-corrected chi connectivity index (χ1v) is 2.83. The van der Waals surface area contributed by atoms with Crippen molar-refractivity contribution >= 4 is 29.3 Å². The van der Waals surface area contributed by atoms with E-state index in [2.05, 4.69) is 0 Å². The molecule has 0 aliphatic heterocycles. The third-order valence-electron chi connectivity index (χ3n) is 0. The molecule has 12 nitrogen and oxygen atoms in total. The Morgan fingerprint density at radius 3 is 0.278 bits per heavy atom. The number of hydrogen-bond donors (Lipinski definition) is 0. The molecular formula is B4Cr2O12. The van der Waals surface area contributed by atoms with Gasteiger partial charge in [-0.1, -0.05) is 0 Å². The topological polar surface area (TPSA) is 277 Å². The van der Waals surface area contributed by atoms with E-state index in [1.807, 2.05) is 0 Å². The minimum atomic E-state index is -2.92. The van der Waals surface area contributed by atoms with Gasteiger partial charge in [0.1, 0.15) is 0 Å². The summed E-state index contributed by atoms with van der Waals surface area (Å²) in [5, 5.41) is 101. The van der Waals surface area contributed by atoms with E-state index in [-0.39, 0.29) is 34.7 Å². The maximum Gasteiger partial charge on any atom is 6.00 e. The van der Waals surface area contributed by atoms with Crippen molar-refractivity contribution in [1.82, 2.24) is 0 Å². The van der Waals surface area contributed by atoms with E-state index in [0.29, 0.717) is 0 Å². The fraction of sp³-hybridized carbons (Fsp3) is 0. The van der Waals surface area contributed by atoms with Crippen LogP contribution in [0.5, 0.6) is 0 Å². The van der Waals surface area contributed by atoms with Crippen molar-refractivity contribution in [3.8, 4) is 0 Å². The summed E-state index contributed by atoms with van der Waals surface area (Å²) < 4.78 is 0. The molecule has 0 unspecified atom stereocenters. The van der Waals surface area contributed by atoms with Gasteiger partial charge in [-0.2, -0.15) is 0 Å². The van der Waals surface area contributed by atoms with Crippen molar-refractivity contribution in [3.05, 3.63) is 0 Å². The molecule has 0 amide bonds. The van der Waals surface area contributed by atoms with Gasteiger partial charge in [0.05, 0.1) is 0 Å². The fourth-order valence-electron chi connectivity index (χ4n) is 0. The molecule has 0 aromatic rings. The first-order chi connectivity index (χ1) is 6.93. The molecule has 96 valence electrons. The zero-order chi connectivity index (χ0) is 14.3. The Balaban J connectivity index is -0.0000000257. The first kappa shape index (κ1) is 36.4. The average Bonchev–Trinajstić information content (AvgIpc) is 1.76. The van der Waals surface area contributed by atoms with Crippen LogP contribution in [0.3, 0.4) is 0 Å². The van der Waals surface area contributed by atoms with Crippen LogP contribution in [-0.2, 0) is 34.7 Å². The van der Waals surface area contributed by atoms with Crippen molar-refractivity contribution in [3.63, 3.8) is 0 Å². The molecule has 0 aromatic carbocycles. The SMILES string of the molecule is [Cr+6].[Cr+6].[O-]B([O-])[O-].[O-]B([O-])[O-].[O-]B([O-])[O-].[O-]B([O-])[O-]. The molecule has 0 aromatic heterocycles. The number of hydrogen-bond acceptors (Lipinski definition) is 12. The van der Waals surface area contributed by atoms with Crippen molar-refractivity contribution in [2.24, 2.45) is 0 Å². The summed E-state index contributed by atoms with van der Waals surface area (Å²) in [7, 11) is -11.7. The molecule has 18 heteroatoms. The summed E-state index contributed by atoms with van der Waals surface area (Å²) in [4.78, 5) is 0. The van der Waals surface area contributed by atoms with Crippen LogP contribution in [0, 0.1) is 0 Å². The molecule has 0 bridgehead atoms. The average molecular weight is 339 g/mol. The fourth-order valence-corrected chi connectivity index (χ4v) is 0. The quantitative estimate of drug-likeness (QED) is 0.371. The minimum Gasteiger partial charge on any atom is -0.907 e. The third kappa shape index (κ3) is 5930. The van der Waals surface area contributed by atoms with Crippen molar-refractivity contribution in [2.75, 3.05) is 0 Å². The molecule has 0 heterocycles. The predicted octanol–water partition coefficient (Wildman–Crippen LogP) is -15.8. The largest absolute Gasteiger partial charge is 6.00 e. The van der Waals surface area contributed by atoms with Gasteiger partial charge in [-0.3, -0.25) is 29.3 Å². The van der Waals surface area contributed by atoms with Crippen molar-refractivity contribution < 1.29 is 95.0 Å². The standard InChI is InChI=1S/4BO3.2Cr/c4*2-1(3)4;;/q4*-3;2*+6. The molecule has 0 atom stereocenters. The van der Waals surface area contributed by atoms with Crippen LogP contribution in [0.2, 0.25) is 0 Å². The summed E-state index contributed by atoms with van der Waals surface area (Å²) in [6, 6.07) is 0. The van der Waals surface area contributed by atoms with Crippen LogP contribution in [0.1, 0.15) is 0 Å². The minimum absolute atomic E-state index is 0. The second-order valence-corrected chi connectivity index (χ2v) is 1.15. The zero-order valence-electron chi connectivity index (χ0n) is 8.02. The van der Waals surface area contributed by atoms with Crippen LogP contribution in [0.4, 0.5) is 0 Å². The third-order valence-corrected chi connectivity index (χ3v) is 0. The van der Waals surface area contributed by atoms with Gasteiger partial charge in [0, 0.05) is 0 Å². The first-order valence-electron chi connectivity index (χ1n) is 2.83. The van der Waals surface area contributed by atoms with E-state index in [9.17, 15) is 0 Å². The molecule has 18 heavy (non-hydrogen) atoms. The van der Waals surface area contributed by atoms with Crippen molar-refractivity contribution in [1.29, 1.82) is 0 Å². The maximum absolute atomic E-state index is 8.42. The Kier molecular flexibility index (Phi) is 62.0. The predicted molar refractivity (Wildman–Crippen MR) is 23.0 cm³/mol.